The van der Waals surface area contributed by atoms with Gasteiger partial charge in [0.1, 0.15) is 17.3 Å². The molecule has 0 aliphatic heterocycles. The predicted molar refractivity (Wildman–Crippen MR) is 77.9 cm³/mol. The highest BCUT2D eigenvalue weighted by Crippen LogP contribution is 2.35. The van der Waals surface area contributed by atoms with Crippen LogP contribution in [0.5, 0.6) is 11.5 Å². The molecule has 0 atom stereocenters. The van der Waals surface area contributed by atoms with Crippen LogP contribution in [0, 0.1) is 12.7 Å². The van der Waals surface area contributed by atoms with Gasteiger partial charge in [-0.15, -0.1) is 0 Å². The molecule has 0 saturated heterocycles. The Balaban J connectivity index is 2.45. The molecule has 0 unspecified atom stereocenters. The molecule has 2 aromatic carbocycles. The van der Waals surface area contributed by atoms with E-state index >= 15 is 0 Å². The van der Waals surface area contributed by atoms with Crippen LogP contribution in [0.3, 0.4) is 0 Å². The Morgan fingerprint density at radius 3 is 2.40 bits per heavy atom. The van der Waals surface area contributed by atoms with Crippen LogP contribution < -0.4 is 4.74 Å². The molecule has 0 amide bonds. The van der Waals surface area contributed by atoms with Gasteiger partial charge in [-0.2, -0.15) is 0 Å². The molecule has 2 aromatic rings. The summed E-state index contributed by atoms with van der Waals surface area (Å²) in [6.07, 6.45) is 0. The minimum atomic E-state index is -1.06. The average Bonchev–Trinajstić information content (AvgIpc) is 2.31. The summed E-state index contributed by atoms with van der Waals surface area (Å²) < 4.78 is 18.9. The second-order valence-corrected chi connectivity index (χ2v) is 5.65. The lowest BCUT2D eigenvalue weighted by molar-refractivity contribution is 0.0762. The summed E-state index contributed by atoms with van der Waals surface area (Å²) in [7, 11) is 0. The van der Waals surface area contributed by atoms with Crippen LogP contribution >= 0.6 is 11.6 Å². The highest BCUT2D eigenvalue weighted by molar-refractivity contribution is 6.30. The quantitative estimate of drug-likeness (QED) is 0.880. The van der Waals surface area contributed by atoms with E-state index < -0.39 is 5.60 Å². The summed E-state index contributed by atoms with van der Waals surface area (Å²) >= 11 is 5.98. The number of aliphatic hydroxyl groups is 1. The van der Waals surface area contributed by atoms with E-state index in [2.05, 4.69) is 0 Å². The molecule has 0 radical (unpaired) electrons. The van der Waals surface area contributed by atoms with E-state index in [1.807, 2.05) is 0 Å². The molecule has 0 fully saturated rings. The van der Waals surface area contributed by atoms with Crippen LogP contribution in [0.1, 0.15) is 25.0 Å². The molecular weight excluding hydrogens is 279 g/mol. The van der Waals surface area contributed by atoms with Gasteiger partial charge in [0.25, 0.3) is 0 Å². The van der Waals surface area contributed by atoms with Crippen LogP contribution in [0.25, 0.3) is 0 Å². The van der Waals surface area contributed by atoms with Crippen molar-refractivity contribution in [3.8, 4) is 11.5 Å². The number of hydrogen-bond donors (Lipinski definition) is 1. The number of aryl methyl sites for hydroxylation is 1. The van der Waals surface area contributed by atoms with Crippen LogP contribution in [-0.4, -0.2) is 5.11 Å². The zero-order chi connectivity index (χ0) is 14.9. The average molecular weight is 295 g/mol. The van der Waals surface area contributed by atoms with E-state index in [-0.39, 0.29) is 5.82 Å². The van der Waals surface area contributed by atoms with Crippen molar-refractivity contribution in [2.45, 2.75) is 26.4 Å². The van der Waals surface area contributed by atoms with Crippen molar-refractivity contribution in [3.05, 3.63) is 58.4 Å². The zero-order valence-corrected chi connectivity index (χ0v) is 12.3. The third kappa shape index (κ3) is 3.30. The van der Waals surface area contributed by atoms with Crippen molar-refractivity contribution in [2.75, 3.05) is 0 Å². The van der Waals surface area contributed by atoms with E-state index in [4.69, 9.17) is 16.3 Å². The molecule has 0 spiro atoms. The van der Waals surface area contributed by atoms with Crippen molar-refractivity contribution >= 4 is 11.6 Å². The summed E-state index contributed by atoms with van der Waals surface area (Å²) in [5.74, 6) is 0.669. The first-order valence-corrected chi connectivity index (χ1v) is 6.61. The van der Waals surface area contributed by atoms with Gasteiger partial charge in [-0.25, -0.2) is 4.39 Å². The van der Waals surface area contributed by atoms with Gasteiger partial charge >= 0.3 is 0 Å². The summed E-state index contributed by atoms with van der Waals surface area (Å²) in [4.78, 5) is 0. The van der Waals surface area contributed by atoms with Gasteiger partial charge in [0.15, 0.2) is 0 Å². The minimum absolute atomic E-state index is 0.316. The monoisotopic (exact) mass is 294 g/mol. The molecule has 106 valence electrons. The van der Waals surface area contributed by atoms with E-state index in [0.29, 0.717) is 27.6 Å². The predicted octanol–water partition coefficient (Wildman–Crippen LogP) is 4.81. The maximum atomic E-state index is 13.1. The molecule has 20 heavy (non-hydrogen) atoms. The molecular formula is C16H16ClFO2. The summed E-state index contributed by atoms with van der Waals surface area (Å²) in [5, 5.41) is 10.7. The van der Waals surface area contributed by atoms with E-state index in [9.17, 15) is 9.50 Å². The number of hydrogen-bond acceptors (Lipinski definition) is 2. The van der Waals surface area contributed by atoms with Gasteiger partial charge in [0.2, 0.25) is 0 Å². The lowest BCUT2D eigenvalue weighted by Gasteiger charge is -2.22. The van der Waals surface area contributed by atoms with Gasteiger partial charge in [-0.05, 0) is 56.7 Å². The molecule has 1 N–H and O–H groups in total. The molecule has 0 saturated carbocycles. The first kappa shape index (κ1) is 14.8. The van der Waals surface area contributed by atoms with Crippen molar-refractivity contribution in [2.24, 2.45) is 0 Å². The van der Waals surface area contributed by atoms with Crippen LogP contribution in [0.15, 0.2) is 36.4 Å². The third-order valence-corrected chi connectivity index (χ3v) is 3.19. The number of benzene rings is 2. The third-order valence-electron chi connectivity index (χ3n) is 2.96. The van der Waals surface area contributed by atoms with Crippen LogP contribution in [-0.2, 0) is 5.60 Å². The van der Waals surface area contributed by atoms with Gasteiger partial charge in [0.05, 0.1) is 5.60 Å². The Kier molecular flexibility index (Phi) is 4.02. The molecule has 2 nitrogen and oxygen atoms in total. The van der Waals surface area contributed by atoms with Crippen molar-refractivity contribution < 1.29 is 14.2 Å². The highest BCUT2D eigenvalue weighted by atomic mass is 35.5. The van der Waals surface area contributed by atoms with Gasteiger partial charge < -0.3 is 9.84 Å². The first-order valence-electron chi connectivity index (χ1n) is 6.24. The molecule has 0 aliphatic carbocycles. The van der Waals surface area contributed by atoms with Crippen molar-refractivity contribution in [3.63, 3.8) is 0 Å². The zero-order valence-electron chi connectivity index (χ0n) is 11.6. The largest absolute Gasteiger partial charge is 0.457 e. The minimum Gasteiger partial charge on any atom is -0.457 e. The number of ether oxygens (including phenoxy) is 1. The maximum absolute atomic E-state index is 13.1. The molecule has 0 heterocycles. The Bertz CT molecular complexity index is 633. The molecule has 0 bridgehead atoms. The molecule has 0 aliphatic rings. The lowest BCUT2D eigenvalue weighted by Crippen LogP contribution is -2.16. The second-order valence-electron chi connectivity index (χ2n) is 5.21. The van der Waals surface area contributed by atoms with Crippen LogP contribution in [0.4, 0.5) is 4.39 Å². The second kappa shape index (κ2) is 5.43. The Labute approximate surface area is 122 Å². The van der Waals surface area contributed by atoms with Crippen molar-refractivity contribution in [1.82, 2.24) is 0 Å². The highest BCUT2D eigenvalue weighted by Gasteiger charge is 2.22. The fraction of sp³-hybridized carbons (Fsp3) is 0.250. The number of halogens is 2. The van der Waals surface area contributed by atoms with Gasteiger partial charge in [-0.1, -0.05) is 17.7 Å². The Morgan fingerprint density at radius 1 is 1.10 bits per heavy atom. The fourth-order valence-corrected chi connectivity index (χ4v) is 2.09. The summed E-state index contributed by atoms with van der Waals surface area (Å²) in [6.45, 7) is 5.09. The number of rotatable bonds is 3. The van der Waals surface area contributed by atoms with E-state index in [1.165, 1.54) is 12.1 Å². The maximum Gasteiger partial charge on any atom is 0.134 e. The topological polar surface area (TPSA) is 29.5 Å². The SMILES string of the molecule is Cc1cc(F)ccc1Oc1cc(Cl)ccc1C(C)(C)O. The molecule has 0 aromatic heterocycles. The summed E-state index contributed by atoms with van der Waals surface area (Å²) in [6, 6.07) is 9.33. The Morgan fingerprint density at radius 2 is 1.80 bits per heavy atom. The van der Waals surface area contributed by atoms with E-state index in [0.717, 1.165) is 0 Å². The molecule has 2 rings (SSSR count). The fourth-order valence-electron chi connectivity index (χ4n) is 1.93. The molecule has 4 heteroatoms. The lowest BCUT2D eigenvalue weighted by atomic mass is 9.97. The van der Waals surface area contributed by atoms with Crippen molar-refractivity contribution in [1.29, 1.82) is 0 Å². The van der Waals surface area contributed by atoms with E-state index in [1.54, 1.807) is 45.0 Å². The standard InChI is InChI=1S/C16H16ClFO2/c1-10-8-12(18)5-7-14(10)20-15-9-11(17)4-6-13(15)16(2,3)19/h4-9,19H,1-3H3. The smallest absolute Gasteiger partial charge is 0.134 e. The Hall–Kier alpha value is -1.58. The first-order chi connectivity index (χ1) is 9.27. The normalized spacial score (nSPS) is 11.5. The van der Waals surface area contributed by atoms with Gasteiger partial charge in [0, 0.05) is 10.6 Å². The summed E-state index contributed by atoms with van der Waals surface area (Å²) in [5.41, 5.74) is 0.228. The van der Waals surface area contributed by atoms with Crippen LogP contribution in [0.2, 0.25) is 5.02 Å². The van der Waals surface area contributed by atoms with Gasteiger partial charge in [-0.3, -0.25) is 0 Å².